The minimum absolute atomic E-state index is 0. The predicted octanol–water partition coefficient (Wildman–Crippen LogP) is 1.87. The van der Waals surface area contributed by atoms with Gasteiger partial charge in [-0.05, 0) is 38.0 Å². The van der Waals surface area contributed by atoms with Gasteiger partial charge in [-0.15, -0.1) is 12.4 Å². The summed E-state index contributed by atoms with van der Waals surface area (Å²) in [7, 11) is 3.19. The van der Waals surface area contributed by atoms with Crippen LogP contribution in [-0.2, 0) is 16.0 Å². The number of nitrogens with two attached hydrogens (primary N) is 1. The number of nitrogens with zero attached hydrogens (tertiary/aromatic N) is 1. The molecule has 2 atom stereocenters. The number of carbonyl (C=O) groups is 1. The van der Waals surface area contributed by atoms with Crippen LogP contribution in [0, 0.1) is 0 Å². The van der Waals surface area contributed by atoms with E-state index in [-0.39, 0.29) is 31.0 Å². The Hall–Kier alpha value is -1.30. The predicted molar refractivity (Wildman–Crippen MR) is 90.6 cm³/mol. The van der Waals surface area contributed by atoms with Crippen molar-refractivity contribution in [3.8, 4) is 5.75 Å². The van der Waals surface area contributed by atoms with Crippen LogP contribution in [0.2, 0.25) is 0 Å². The van der Waals surface area contributed by atoms with Crippen LogP contribution in [0.25, 0.3) is 0 Å². The molecular weight excluding hydrogens is 304 g/mol. The summed E-state index contributed by atoms with van der Waals surface area (Å²) in [5.74, 6) is 0.761. The lowest BCUT2D eigenvalue weighted by molar-refractivity contribution is -0.135. The van der Waals surface area contributed by atoms with Crippen molar-refractivity contribution in [3.63, 3.8) is 0 Å². The molecule has 0 saturated carbocycles. The number of likely N-dealkylation sites (N-methyl/N-ethyl adjacent to an activating group) is 1. The van der Waals surface area contributed by atoms with E-state index >= 15 is 0 Å². The molecule has 2 unspecified atom stereocenters. The molecule has 0 aromatic heterocycles. The minimum atomic E-state index is -0.603. The first-order valence-corrected chi connectivity index (χ1v) is 7.21. The van der Waals surface area contributed by atoms with Crippen molar-refractivity contribution in [1.82, 2.24) is 4.90 Å². The third kappa shape index (κ3) is 5.83. The van der Waals surface area contributed by atoms with Crippen LogP contribution in [0.1, 0.15) is 19.4 Å². The summed E-state index contributed by atoms with van der Waals surface area (Å²) in [5, 5.41) is 0. The Morgan fingerprint density at radius 1 is 1.27 bits per heavy atom. The molecule has 2 N–H and O–H groups in total. The lowest BCUT2D eigenvalue weighted by Crippen LogP contribution is -2.50. The zero-order valence-electron chi connectivity index (χ0n) is 13.7. The fourth-order valence-corrected chi connectivity index (χ4v) is 2.36. The third-order valence-corrected chi connectivity index (χ3v) is 3.51. The monoisotopic (exact) mass is 330 g/mol. The van der Waals surface area contributed by atoms with Gasteiger partial charge < -0.3 is 20.1 Å². The van der Waals surface area contributed by atoms with Gasteiger partial charge in [-0.3, -0.25) is 4.79 Å². The highest BCUT2D eigenvalue weighted by Crippen LogP contribution is 2.15. The van der Waals surface area contributed by atoms with Crippen molar-refractivity contribution in [2.75, 3.05) is 27.4 Å². The van der Waals surface area contributed by atoms with Crippen molar-refractivity contribution >= 4 is 18.3 Å². The Balaban J connectivity index is 0.00000441. The molecule has 1 rings (SSSR count). The van der Waals surface area contributed by atoms with Crippen molar-refractivity contribution < 1.29 is 14.3 Å². The molecule has 0 aliphatic heterocycles. The molecule has 5 nitrogen and oxygen atoms in total. The number of amides is 1. The Morgan fingerprint density at radius 3 is 2.32 bits per heavy atom. The summed E-state index contributed by atoms with van der Waals surface area (Å²) in [5.41, 5.74) is 7.00. The highest BCUT2D eigenvalue weighted by Gasteiger charge is 2.24. The maximum absolute atomic E-state index is 12.3. The van der Waals surface area contributed by atoms with Crippen molar-refractivity contribution in [3.05, 3.63) is 29.8 Å². The number of hydrogen-bond acceptors (Lipinski definition) is 4. The number of ether oxygens (including phenoxy) is 2. The Bertz CT molecular complexity index is 440. The van der Waals surface area contributed by atoms with E-state index in [0.717, 1.165) is 17.7 Å². The SMILES string of the molecule is CCN(C(=O)C(N)COC)C(C)Cc1ccc(OC)cc1.Cl. The molecule has 0 aliphatic rings. The molecule has 0 spiro atoms. The van der Waals surface area contributed by atoms with E-state index in [4.69, 9.17) is 15.2 Å². The van der Waals surface area contributed by atoms with Crippen LogP contribution in [0.15, 0.2) is 24.3 Å². The summed E-state index contributed by atoms with van der Waals surface area (Å²) in [4.78, 5) is 14.1. The highest BCUT2D eigenvalue weighted by atomic mass is 35.5. The molecule has 1 aromatic carbocycles. The van der Waals surface area contributed by atoms with Gasteiger partial charge in [0.1, 0.15) is 11.8 Å². The molecule has 6 heteroatoms. The lowest BCUT2D eigenvalue weighted by Gasteiger charge is -2.30. The third-order valence-electron chi connectivity index (χ3n) is 3.51. The second kappa shape index (κ2) is 10.4. The number of benzene rings is 1. The fourth-order valence-electron chi connectivity index (χ4n) is 2.36. The van der Waals surface area contributed by atoms with E-state index in [0.29, 0.717) is 6.54 Å². The van der Waals surface area contributed by atoms with E-state index in [2.05, 4.69) is 0 Å². The van der Waals surface area contributed by atoms with Crippen LogP contribution in [0.4, 0.5) is 0 Å². The summed E-state index contributed by atoms with van der Waals surface area (Å²) in [6.45, 7) is 4.87. The fraction of sp³-hybridized carbons (Fsp3) is 0.562. The van der Waals surface area contributed by atoms with Gasteiger partial charge in [0.15, 0.2) is 0 Å². The number of halogens is 1. The van der Waals surface area contributed by atoms with E-state index in [1.807, 2.05) is 38.1 Å². The first kappa shape index (κ1) is 20.7. The molecule has 126 valence electrons. The molecule has 1 aromatic rings. The topological polar surface area (TPSA) is 64.8 Å². The standard InChI is InChI=1S/C16H26N2O3.ClH/c1-5-18(16(19)15(17)11-20-3)12(2)10-13-6-8-14(21-4)9-7-13;/h6-9,12,15H,5,10-11,17H2,1-4H3;1H. The molecule has 0 saturated heterocycles. The van der Waals surface area contributed by atoms with Gasteiger partial charge in [-0.25, -0.2) is 0 Å². The summed E-state index contributed by atoms with van der Waals surface area (Å²) < 4.78 is 10.1. The Kier molecular flexibility index (Phi) is 9.81. The average Bonchev–Trinajstić information content (AvgIpc) is 2.48. The van der Waals surface area contributed by atoms with Crippen LogP contribution >= 0.6 is 12.4 Å². The molecule has 0 aliphatic carbocycles. The van der Waals surface area contributed by atoms with E-state index in [9.17, 15) is 4.79 Å². The number of carbonyl (C=O) groups excluding carboxylic acids is 1. The van der Waals surface area contributed by atoms with Gasteiger partial charge in [0.25, 0.3) is 0 Å². The van der Waals surface area contributed by atoms with Crippen LogP contribution < -0.4 is 10.5 Å². The minimum Gasteiger partial charge on any atom is -0.497 e. The molecule has 0 fully saturated rings. The molecule has 1 amide bonds. The van der Waals surface area contributed by atoms with Gasteiger partial charge in [0, 0.05) is 19.7 Å². The van der Waals surface area contributed by atoms with Gasteiger partial charge in [0.2, 0.25) is 5.91 Å². The first-order valence-electron chi connectivity index (χ1n) is 7.21. The molecule has 0 radical (unpaired) electrons. The molecule has 0 heterocycles. The smallest absolute Gasteiger partial charge is 0.242 e. The highest BCUT2D eigenvalue weighted by molar-refractivity contribution is 5.85. The van der Waals surface area contributed by atoms with E-state index in [1.165, 1.54) is 0 Å². The molecule has 22 heavy (non-hydrogen) atoms. The zero-order valence-corrected chi connectivity index (χ0v) is 14.6. The number of rotatable bonds is 8. The summed E-state index contributed by atoms with van der Waals surface area (Å²) >= 11 is 0. The first-order chi connectivity index (χ1) is 10.0. The van der Waals surface area contributed by atoms with Crippen LogP contribution in [0.3, 0.4) is 0 Å². The average molecular weight is 331 g/mol. The maximum atomic E-state index is 12.3. The maximum Gasteiger partial charge on any atom is 0.242 e. The Labute approximate surface area is 139 Å². The lowest BCUT2D eigenvalue weighted by atomic mass is 10.0. The number of hydrogen-bond donors (Lipinski definition) is 1. The normalized spacial score (nSPS) is 13.0. The van der Waals surface area contributed by atoms with E-state index in [1.54, 1.807) is 19.1 Å². The molecule has 0 bridgehead atoms. The largest absolute Gasteiger partial charge is 0.497 e. The van der Waals surface area contributed by atoms with Crippen molar-refractivity contribution in [2.24, 2.45) is 5.73 Å². The Morgan fingerprint density at radius 2 is 1.86 bits per heavy atom. The summed E-state index contributed by atoms with van der Waals surface area (Å²) in [6, 6.07) is 7.37. The van der Waals surface area contributed by atoms with Crippen LogP contribution in [-0.4, -0.2) is 50.3 Å². The second-order valence-electron chi connectivity index (χ2n) is 5.09. The second-order valence-corrected chi connectivity index (χ2v) is 5.09. The van der Waals surface area contributed by atoms with Gasteiger partial charge in [-0.2, -0.15) is 0 Å². The van der Waals surface area contributed by atoms with E-state index < -0.39 is 6.04 Å². The molecular formula is C16H27ClN2O3. The van der Waals surface area contributed by atoms with Crippen molar-refractivity contribution in [1.29, 1.82) is 0 Å². The summed E-state index contributed by atoms with van der Waals surface area (Å²) in [6.07, 6.45) is 0.781. The van der Waals surface area contributed by atoms with Crippen LogP contribution in [0.5, 0.6) is 5.75 Å². The van der Waals surface area contributed by atoms with Gasteiger partial charge >= 0.3 is 0 Å². The quantitative estimate of drug-likeness (QED) is 0.790. The number of methoxy groups -OCH3 is 2. The zero-order chi connectivity index (χ0) is 15.8. The van der Waals surface area contributed by atoms with Crippen molar-refractivity contribution in [2.45, 2.75) is 32.4 Å². The van der Waals surface area contributed by atoms with Gasteiger partial charge in [0.05, 0.1) is 13.7 Å². The van der Waals surface area contributed by atoms with Gasteiger partial charge in [-0.1, -0.05) is 12.1 Å².